The van der Waals surface area contributed by atoms with Crippen molar-refractivity contribution in [1.29, 1.82) is 0 Å². The van der Waals surface area contributed by atoms with Gasteiger partial charge in [0.15, 0.2) is 35.1 Å². The largest absolute Gasteiger partial charge is 0.487 e. The van der Waals surface area contributed by atoms with Crippen LogP contribution in [0.2, 0.25) is 0 Å². The minimum atomic E-state index is -1.52. The fourth-order valence-corrected chi connectivity index (χ4v) is 9.93. The number of rotatable bonds is 6. The number of carbonyl (C=O) groups is 2. The summed E-state index contributed by atoms with van der Waals surface area (Å²) in [6.45, 7) is 6.76. The van der Waals surface area contributed by atoms with Crippen LogP contribution >= 0.6 is 0 Å². The first-order chi connectivity index (χ1) is 32.5. The second-order valence-corrected chi connectivity index (χ2v) is 17.8. The van der Waals surface area contributed by atoms with Gasteiger partial charge in [0.25, 0.3) is 0 Å². The third-order valence-electron chi connectivity index (χ3n) is 13.5. The van der Waals surface area contributed by atoms with E-state index in [4.69, 9.17) is 32.4 Å². The lowest BCUT2D eigenvalue weighted by Crippen LogP contribution is -2.52. The molecule has 22 nitrogen and oxygen atoms in total. The van der Waals surface area contributed by atoms with Crippen LogP contribution in [0.3, 0.4) is 0 Å². The van der Waals surface area contributed by atoms with Gasteiger partial charge >= 0.3 is 11.9 Å². The first-order valence-corrected chi connectivity index (χ1v) is 22.5. The summed E-state index contributed by atoms with van der Waals surface area (Å²) in [5.74, 6) is -3.42. The number of piperazine rings is 2. The number of carboxylic acids is 2. The molecule has 11 N–H and O–H groups in total. The van der Waals surface area contributed by atoms with Crippen LogP contribution in [-0.2, 0) is 4.79 Å². The number of benzene rings is 2. The highest BCUT2D eigenvalue weighted by molar-refractivity contribution is 5.98. The van der Waals surface area contributed by atoms with Crippen LogP contribution in [0, 0.1) is 11.6 Å². The van der Waals surface area contributed by atoms with Crippen molar-refractivity contribution in [3.63, 3.8) is 0 Å². The number of hydrogen-bond acceptors (Lipinski definition) is 11. The van der Waals surface area contributed by atoms with Crippen LogP contribution in [0.1, 0.15) is 67.6 Å². The Balaban J connectivity index is 0.835. The Kier molecular flexibility index (Phi) is 12.1. The van der Waals surface area contributed by atoms with E-state index < -0.39 is 40.7 Å². The fraction of sp³-hybridized carbons (Fsp3) is 0.477. The van der Waals surface area contributed by atoms with Gasteiger partial charge in [0, 0.05) is 70.3 Å². The average molecular weight is 945 g/mol. The maximum Gasteiger partial charge on any atom is 0.341 e. The van der Waals surface area contributed by atoms with E-state index >= 15 is 8.78 Å². The molecule has 5 atom stereocenters. The summed E-state index contributed by atoms with van der Waals surface area (Å²) >= 11 is 0. The molecule has 68 heavy (non-hydrogen) atoms. The maximum atomic E-state index is 15.9. The average Bonchev–Trinajstić information content (AvgIpc) is 3.30. The minimum absolute atomic E-state index is 0.0400. The Labute approximate surface area is 388 Å². The van der Waals surface area contributed by atoms with Crippen molar-refractivity contribution < 1.29 is 43.2 Å². The molecule has 2 aromatic carbocycles. The zero-order valence-electron chi connectivity index (χ0n) is 37.5. The van der Waals surface area contributed by atoms with E-state index in [-0.39, 0.29) is 101 Å². The highest BCUT2D eigenvalue weighted by Gasteiger charge is 2.40. The number of hydrogen-bond donors (Lipinski definition) is 7. The summed E-state index contributed by atoms with van der Waals surface area (Å²) in [4.78, 5) is 63.8. The van der Waals surface area contributed by atoms with Crippen molar-refractivity contribution in [3.05, 3.63) is 63.1 Å². The number of nitrogens with zero attached hydrogens (tertiary/aromatic N) is 10. The lowest BCUT2D eigenvalue weighted by molar-refractivity contribution is -0.133. The molecule has 0 bridgehead atoms. The number of pyridine rings is 1. The molecule has 24 heteroatoms. The SMILES string of the molecule is CC1COc2c(N3CCN(/C(N)=N\C(N)=NC4CCCCC4N=C(N)/N=C(/N)N4CCN(c5c(F)cc6c(=O)c(C(=O)O)cn7c6c5OCC7C)CC4)CC3)c(F)cc3c2N1C=C(C(=O)O)C3O. The number of aliphatic carboxylic acids is 1. The lowest BCUT2D eigenvalue weighted by Gasteiger charge is -2.43. The van der Waals surface area contributed by atoms with Crippen molar-refractivity contribution in [2.24, 2.45) is 42.9 Å². The van der Waals surface area contributed by atoms with Gasteiger partial charge < -0.3 is 76.8 Å². The molecule has 5 unspecified atom stereocenters. The molecular weight excluding hydrogens is 891 g/mol. The summed E-state index contributed by atoms with van der Waals surface area (Å²) in [6, 6.07) is 0.988. The molecule has 1 aromatic heterocycles. The van der Waals surface area contributed by atoms with Crippen LogP contribution in [0.15, 0.2) is 54.9 Å². The van der Waals surface area contributed by atoms with Crippen LogP contribution in [0.5, 0.6) is 11.5 Å². The quantitative estimate of drug-likeness (QED) is 0.134. The fourth-order valence-electron chi connectivity index (χ4n) is 9.93. The van der Waals surface area contributed by atoms with Gasteiger partial charge in [0.05, 0.1) is 46.3 Å². The minimum Gasteiger partial charge on any atom is -0.487 e. The van der Waals surface area contributed by atoms with E-state index in [1.54, 1.807) is 19.3 Å². The van der Waals surface area contributed by atoms with Gasteiger partial charge in [0.1, 0.15) is 36.3 Å². The zero-order chi connectivity index (χ0) is 48.3. The summed E-state index contributed by atoms with van der Waals surface area (Å²) < 4.78 is 45.4. The number of anilines is 3. The molecule has 0 amide bonds. The standard InChI is InChI=1S/C44H54F2N14O8/c1-21-19-67-37-31-23(35(61)25(39(63)64)17-59(21)31)15-27(45)33(37)55-7-11-57(12-8-55)43(49)53-41(47)51-29-5-3-4-6-30(29)52-42(48)54-44(50)58-13-9-56(10-14-58)34-28(46)16-24-32-38(34)68-20-22(2)60(32)18-26(36(24)62)40(65)66/h15-18,21-22,29-30,35,61H,3-14,19-20H2,1-2H3,(H,63,64)(H,65,66)(H4,47,49,51,53)(H4,48,50,52,54). The maximum absolute atomic E-state index is 15.9. The van der Waals surface area contributed by atoms with Gasteiger partial charge in [-0.05, 0) is 38.8 Å². The number of guanidine groups is 4. The molecule has 2 saturated heterocycles. The van der Waals surface area contributed by atoms with Gasteiger partial charge in [-0.25, -0.2) is 28.4 Å². The number of aliphatic hydroxyl groups excluding tert-OH is 1. The molecule has 1 aliphatic carbocycles. The number of aliphatic imine (C=N–C) groups is 4. The van der Waals surface area contributed by atoms with Gasteiger partial charge in [-0.3, -0.25) is 4.79 Å². The molecule has 0 radical (unpaired) electrons. The van der Waals surface area contributed by atoms with E-state index in [0.717, 1.165) is 18.9 Å². The number of ether oxygens (including phenoxy) is 2. The van der Waals surface area contributed by atoms with Crippen molar-refractivity contribution in [2.75, 3.05) is 80.3 Å². The predicted molar refractivity (Wildman–Crippen MR) is 250 cm³/mol. The van der Waals surface area contributed by atoms with Crippen LogP contribution in [-0.4, -0.2) is 149 Å². The van der Waals surface area contributed by atoms with E-state index in [0.29, 0.717) is 76.4 Å². The molecule has 5 aliphatic heterocycles. The summed E-state index contributed by atoms with van der Waals surface area (Å²) in [5, 5.41) is 30.1. The molecular formula is C44H54F2N14O8. The number of nitrogens with two attached hydrogens (primary N) is 4. The molecule has 6 aliphatic rings. The van der Waals surface area contributed by atoms with Crippen LogP contribution in [0.25, 0.3) is 10.9 Å². The molecule has 3 fully saturated rings. The molecule has 9 rings (SSSR count). The first kappa shape index (κ1) is 45.8. The van der Waals surface area contributed by atoms with Gasteiger partial charge in [0.2, 0.25) is 17.3 Å². The normalized spacial score (nSPS) is 24.6. The highest BCUT2D eigenvalue weighted by atomic mass is 19.1. The molecule has 6 heterocycles. The van der Waals surface area contributed by atoms with Crippen molar-refractivity contribution in [1.82, 2.24) is 14.4 Å². The Morgan fingerprint density at radius 1 is 0.721 bits per heavy atom. The Morgan fingerprint density at radius 3 is 1.78 bits per heavy atom. The third-order valence-corrected chi connectivity index (χ3v) is 13.5. The first-order valence-electron chi connectivity index (χ1n) is 22.5. The second kappa shape index (κ2) is 18.0. The van der Waals surface area contributed by atoms with Crippen molar-refractivity contribution in [3.8, 4) is 11.5 Å². The Hall–Kier alpha value is -7.37. The van der Waals surface area contributed by atoms with Crippen molar-refractivity contribution in [2.45, 2.75) is 69.8 Å². The van der Waals surface area contributed by atoms with Crippen LogP contribution < -0.4 is 52.5 Å². The van der Waals surface area contributed by atoms with Crippen molar-refractivity contribution >= 4 is 63.7 Å². The van der Waals surface area contributed by atoms with E-state index in [1.165, 1.54) is 18.5 Å². The Bertz CT molecular complexity index is 2780. The van der Waals surface area contributed by atoms with Gasteiger partial charge in [-0.1, -0.05) is 12.8 Å². The third kappa shape index (κ3) is 8.25. The lowest BCUT2D eigenvalue weighted by atomic mass is 9.91. The molecule has 0 spiro atoms. The zero-order valence-corrected chi connectivity index (χ0v) is 37.5. The predicted octanol–water partition coefficient (Wildman–Crippen LogP) is 1.05. The number of aliphatic hydroxyl groups is 1. The summed E-state index contributed by atoms with van der Waals surface area (Å²) in [5.41, 5.74) is 25.4. The second-order valence-electron chi connectivity index (χ2n) is 17.8. The van der Waals surface area contributed by atoms with Gasteiger partial charge in [-0.2, -0.15) is 9.98 Å². The topological polar surface area (TPSA) is 305 Å². The van der Waals surface area contributed by atoms with Gasteiger partial charge in [-0.15, -0.1) is 0 Å². The number of halogens is 2. The van der Waals surface area contributed by atoms with E-state index in [2.05, 4.69) is 20.0 Å². The number of carboxylic acid groups (broad SMARTS) is 2. The molecule has 1 saturated carbocycles. The monoisotopic (exact) mass is 944 g/mol. The molecule has 3 aromatic rings. The number of aromatic nitrogens is 1. The summed E-state index contributed by atoms with van der Waals surface area (Å²) in [7, 11) is 0. The smallest absolute Gasteiger partial charge is 0.341 e. The van der Waals surface area contributed by atoms with Crippen LogP contribution in [0.4, 0.5) is 25.8 Å². The Morgan fingerprint density at radius 2 is 1.24 bits per heavy atom. The number of aromatic carboxylic acids is 1. The van der Waals surface area contributed by atoms with E-state index in [1.807, 2.05) is 23.6 Å². The highest BCUT2D eigenvalue weighted by Crippen LogP contribution is 2.51. The molecule has 362 valence electrons. The summed E-state index contributed by atoms with van der Waals surface area (Å²) in [6.07, 6.45) is 4.25. The van der Waals surface area contributed by atoms with E-state index in [9.17, 15) is 29.7 Å².